The van der Waals surface area contributed by atoms with Crippen LogP contribution < -0.4 is 4.74 Å². The van der Waals surface area contributed by atoms with Crippen LogP contribution in [0.5, 0.6) is 5.75 Å². The van der Waals surface area contributed by atoms with E-state index in [1.54, 1.807) is 12.1 Å². The zero-order valence-electron chi connectivity index (χ0n) is 11.2. The van der Waals surface area contributed by atoms with Crippen molar-refractivity contribution in [2.45, 2.75) is 13.5 Å². The quantitative estimate of drug-likeness (QED) is 0.798. The van der Waals surface area contributed by atoms with Gasteiger partial charge >= 0.3 is 0 Å². The standard InChI is InChI=1S/C16H11ClFNO2/c1-10(20)14-7-13(18)4-5-16(14)21-9-12-3-2-11(8-19)6-15(12)17/h2-7H,9H2,1H3. The number of carbonyl (C=O) groups is 1. The first kappa shape index (κ1) is 15.0. The lowest BCUT2D eigenvalue weighted by atomic mass is 10.1. The number of carbonyl (C=O) groups excluding carboxylic acids is 1. The van der Waals surface area contributed by atoms with Crippen molar-refractivity contribution in [3.63, 3.8) is 0 Å². The van der Waals surface area contributed by atoms with E-state index in [9.17, 15) is 9.18 Å². The Morgan fingerprint density at radius 1 is 1.33 bits per heavy atom. The van der Waals surface area contributed by atoms with E-state index in [1.807, 2.05) is 6.07 Å². The monoisotopic (exact) mass is 303 g/mol. The van der Waals surface area contributed by atoms with Crippen LogP contribution in [0, 0.1) is 17.1 Å². The zero-order chi connectivity index (χ0) is 15.4. The predicted molar refractivity (Wildman–Crippen MR) is 76.9 cm³/mol. The Hall–Kier alpha value is -2.38. The summed E-state index contributed by atoms with van der Waals surface area (Å²) in [6, 6.07) is 10.6. The molecule has 0 aliphatic rings. The molecule has 3 nitrogen and oxygen atoms in total. The fourth-order valence-corrected chi connectivity index (χ4v) is 2.03. The summed E-state index contributed by atoms with van der Waals surface area (Å²) in [4.78, 5) is 11.5. The second-order valence-corrected chi connectivity index (χ2v) is 4.81. The molecule has 0 N–H and O–H groups in total. The normalized spacial score (nSPS) is 10.0. The summed E-state index contributed by atoms with van der Waals surface area (Å²) in [5.74, 6) is -0.483. The van der Waals surface area contributed by atoms with Gasteiger partial charge in [0.05, 0.1) is 17.2 Å². The van der Waals surface area contributed by atoms with Gasteiger partial charge in [0.1, 0.15) is 18.2 Å². The molecule has 21 heavy (non-hydrogen) atoms. The summed E-state index contributed by atoms with van der Waals surface area (Å²) in [6.07, 6.45) is 0. The van der Waals surface area contributed by atoms with E-state index in [2.05, 4.69) is 0 Å². The Labute approximate surface area is 126 Å². The third kappa shape index (κ3) is 3.59. The topological polar surface area (TPSA) is 50.1 Å². The second-order valence-electron chi connectivity index (χ2n) is 4.40. The number of halogens is 2. The van der Waals surface area contributed by atoms with Crippen LogP contribution in [0.3, 0.4) is 0 Å². The molecule has 0 aliphatic heterocycles. The molecular formula is C16H11ClFNO2. The summed E-state index contributed by atoms with van der Waals surface area (Å²) < 4.78 is 18.7. The average molecular weight is 304 g/mol. The summed E-state index contributed by atoms with van der Waals surface area (Å²) in [5, 5.41) is 9.17. The number of nitrogens with zero attached hydrogens (tertiary/aromatic N) is 1. The van der Waals surface area contributed by atoms with Crippen LogP contribution in [0.25, 0.3) is 0 Å². The highest BCUT2D eigenvalue weighted by Gasteiger charge is 2.11. The van der Waals surface area contributed by atoms with Gasteiger partial charge in [0, 0.05) is 10.6 Å². The highest BCUT2D eigenvalue weighted by atomic mass is 35.5. The van der Waals surface area contributed by atoms with Gasteiger partial charge in [-0.2, -0.15) is 5.26 Å². The van der Waals surface area contributed by atoms with Crippen LogP contribution in [-0.2, 0) is 6.61 Å². The van der Waals surface area contributed by atoms with E-state index in [4.69, 9.17) is 21.6 Å². The molecule has 2 rings (SSSR count). The number of benzene rings is 2. The van der Waals surface area contributed by atoms with Gasteiger partial charge in [0.25, 0.3) is 0 Å². The molecule has 106 valence electrons. The fraction of sp³-hybridized carbons (Fsp3) is 0.125. The van der Waals surface area contributed by atoms with Crippen molar-refractivity contribution in [2.75, 3.05) is 0 Å². The van der Waals surface area contributed by atoms with Gasteiger partial charge < -0.3 is 4.74 Å². The molecule has 0 amide bonds. The van der Waals surface area contributed by atoms with Crippen molar-refractivity contribution in [1.82, 2.24) is 0 Å². The maximum absolute atomic E-state index is 13.2. The van der Waals surface area contributed by atoms with E-state index >= 15 is 0 Å². The van der Waals surface area contributed by atoms with Gasteiger partial charge in [-0.25, -0.2) is 4.39 Å². The van der Waals surface area contributed by atoms with E-state index in [0.29, 0.717) is 21.9 Å². The molecule has 0 saturated heterocycles. The van der Waals surface area contributed by atoms with Crippen LogP contribution in [0.4, 0.5) is 4.39 Å². The molecule has 0 heterocycles. The summed E-state index contributed by atoms with van der Waals surface area (Å²) in [6.45, 7) is 1.47. The van der Waals surface area contributed by atoms with Crippen LogP contribution in [0.15, 0.2) is 36.4 Å². The van der Waals surface area contributed by atoms with Gasteiger partial charge in [-0.3, -0.25) is 4.79 Å². The first-order valence-corrected chi connectivity index (χ1v) is 6.51. The molecule has 0 atom stereocenters. The van der Waals surface area contributed by atoms with Crippen molar-refractivity contribution in [3.05, 3.63) is 63.9 Å². The van der Waals surface area contributed by atoms with Crippen molar-refractivity contribution < 1.29 is 13.9 Å². The maximum Gasteiger partial charge on any atom is 0.163 e. The molecule has 0 aromatic heterocycles. The number of Topliss-reactive ketones (excluding diaryl/α,β-unsaturated/α-hetero) is 1. The molecule has 2 aromatic carbocycles. The molecule has 0 aliphatic carbocycles. The van der Waals surface area contributed by atoms with Gasteiger partial charge in [-0.15, -0.1) is 0 Å². The number of ether oxygens (including phenoxy) is 1. The Morgan fingerprint density at radius 2 is 2.10 bits per heavy atom. The zero-order valence-corrected chi connectivity index (χ0v) is 11.9. The van der Waals surface area contributed by atoms with E-state index in [-0.39, 0.29) is 18.0 Å². The third-order valence-electron chi connectivity index (χ3n) is 2.89. The third-order valence-corrected chi connectivity index (χ3v) is 3.24. The van der Waals surface area contributed by atoms with E-state index in [0.717, 1.165) is 6.07 Å². The number of hydrogen-bond acceptors (Lipinski definition) is 3. The average Bonchev–Trinajstić information content (AvgIpc) is 2.46. The number of nitriles is 1. The Kier molecular flexibility index (Phi) is 4.56. The first-order valence-electron chi connectivity index (χ1n) is 6.13. The van der Waals surface area contributed by atoms with Crippen LogP contribution >= 0.6 is 11.6 Å². The van der Waals surface area contributed by atoms with Crippen LogP contribution in [0.2, 0.25) is 5.02 Å². The second kappa shape index (κ2) is 6.38. The summed E-state index contributed by atoms with van der Waals surface area (Å²) in [7, 11) is 0. The maximum atomic E-state index is 13.2. The van der Waals surface area contributed by atoms with Crippen molar-refractivity contribution in [1.29, 1.82) is 5.26 Å². The number of hydrogen-bond donors (Lipinski definition) is 0. The highest BCUT2D eigenvalue weighted by molar-refractivity contribution is 6.31. The molecule has 0 spiro atoms. The Bertz CT molecular complexity index is 738. The molecule has 0 bridgehead atoms. The molecule has 0 radical (unpaired) electrons. The van der Waals surface area contributed by atoms with Crippen molar-refractivity contribution in [2.24, 2.45) is 0 Å². The highest BCUT2D eigenvalue weighted by Crippen LogP contribution is 2.24. The minimum atomic E-state index is -0.496. The van der Waals surface area contributed by atoms with Crippen molar-refractivity contribution in [3.8, 4) is 11.8 Å². The SMILES string of the molecule is CC(=O)c1cc(F)ccc1OCc1ccc(C#N)cc1Cl. The molecule has 2 aromatic rings. The predicted octanol–water partition coefficient (Wildman–Crippen LogP) is 4.13. The van der Waals surface area contributed by atoms with E-state index < -0.39 is 5.82 Å². The minimum Gasteiger partial charge on any atom is -0.488 e. The lowest BCUT2D eigenvalue weighted by Crippen LogP contribution is -2.03. The van der Waals surface area contributed by atoms with E-state index in [1.165, 1.54) is 25.1 Å². The molecule has 0 saturated carbocycles. The van der Waals surface area contributed by atoms with Crippen molar-refractivity contribution >= 4 is 17.4 Å². The molecule has 0 unspecified atom stereocenters. The van der Waals surface area contributed by atoms with Gasteiger partial charge in [0.2, 0.25) is 0 Å². The van der Waals surface area contributed by atoms with Crippen LogP contribution in [0.1, 0.15) is 28.4 Å². The first-order chi connectivity index (χ1) is 10.0. The van der Waals surface area contributed by atoms with Gasteiger partial charge in [-0.1, -0.05) is 17.7 Å². The van der Waals surface area contributed by atoms with Gasteiger partial charge in [0.15, 0.2) is 5.78 Å². The summed E-state index contributed by atoms with van der Waals surface area (Å²) in [5.41, 5.74) is 1.31. The Morgan fingerprint density at radius 3 is 2.71 bits per heavy atom. The molecule has 0 fully saturated rings. The number of rotatable bonds is 4. The lowest BCUT2D eigenvalue weighted by molar-refractivity contribution is 0.101. The largest absolute Gasteiger partial charge is 0.488 e. The minimum absolute atomic E-state index is 0.121. The Balaban J connectivity index is 2.21. The lowest BCUT2D eigenvalue weighted by Gasteiger charge is -2.11. The molecule has 5 heteroatoms. The fourth-order valence-electron chi connectivity index (χ4n) is 1.79. The number of ketones is 1. The van der Waals surface area contributed by atoms with Gasteiger partial charge in [-0.05, 0) is 37.3 Å². The van der Waals surface area contributed by atoms with Crippen LogP contribution in [-0.4, -0.2) is 5.78 Å². The molecular weight excluding hydrogens is 293 g/mol. The smallest absolute Gasteiger partial charge is 0.163 e. The summed E-state index contributed by atoms with van der Waals surface area (Å²) >= 11 is 6.04.